The van der Waals surface area contributed by atoms with Gasteiger partial charge >= 0.3 is 6.18 Å². The van der Waals surface area contributed by atoms with Crippen molar-refractivity contribution in [3.63, 3.8) is 0 Å². The summed E-state index contributed by atoms with van der Waals surface area (Å²) in [5, 5.41) is 4.83. The molecule has 0 spiro atoms. The van der Waals surface area contributed by atoms with Gasteiger partial charge in [0.25, 0.3) is 0 Å². The Labute approximate surface area is 206 Å². The van der Waals surface area contributed by atoms with Crippen LogP contribution in [0.3, 0.4) is 0 Å². The van der Waals surface area contributed by atoms with Crippen molar-refractivity contribution in [3.05, 3.63) is 53.4 Å². The Morgan fingerprint density at radius 2 is 1.89 bits per heavy atom. The van der Waals surface area contributed by atoms with Gasteiger partial charge in [-0.15, -0.1) is 0 Å². The molecule has 0 atom stereocenters. The summed E-state index contributed by atoms with van der Waals surface area (Å²) in [5.74, 6) is -0.239. The van der Waals surface area contributed by atoms with Gasteiger partial charge in [0, 0.05) is 24.2 Å². The average molecular weight is 509 g/mol. The van der Waals surface area contributed by atoms with Gasteiger partial charge in [0.2, 0.25) is 10.3 Å². The highest BCUT2D eigenvalue weighted by atomic mass is 32.1. The van der Waals surface area contributed by atoms with E-state index in [0.717, 1.165) is 38.2 Å². The third-order valence-corrected chi connectivity index (χ3v) is 6.01. The lowest BCUT2D eigenvalue weighted by molar-refractivity contribution is -0.138. The summed E-state index contributed by atoms with van der Waals surface area (Å²) in [7, 11) is 0. The molecule has 3 aromatic rings. The number of ether oxygens (including phenoxy) is 1. The van der Waals surface area contributed by atoms with Crippen LogP contribution in [-0.4, -0.2) is 22.8 Å². The van der Waals surface area contributed by atoms with Crippen LogP contribution in [0.25, 0.3) is 11.3 Å². The van der Waals surface area contributed by atoms with Crippen molar-refractivity contribution in [1.29, 1.82) is 0 Å². The Bertz CT molecular complexity index is 1100. The zero-order valence-corrected chi connectivity index (χ0v) is 20.5. The Balaban J connectivity index is 1.84. The number of hydrogen-bond donors (Lipinski definition) is 0. The van der Waals surface area contributed by atoms with E-state index in [1.807, 2.05) is 0 Å². The summed E-state index contributed by atoms with van der Waals surface area (Å²) in [6, 6.07) is 6.99. The minimum atomic E-state index is -4.64. The van der Waals surface area contributed by atoms with Gasteiger partial charge in [0.05, 0.1) is 17.9 Å². The Kier molecular flexibility index (Phi) is 9.59. The predicted molar refractivity (Wildman–Crippen MR) is 132 cm³/mol. The summed E-state index contributed by atoms with van der Waals surface area (Å²) in [6.07, 6.45) is 5.83. The molecule has 10 heteroatoms. The van der Waals surface area contributed by atoms with Crippen LogP contribution in [0.4, 0.5) is 28.4 Å². The van der Waals surface area contributed by atoms with Gasteiger partial charge in [-0.3, -0.25) is 4.98 Å². The molecular formula is C25H28F4N4OS. The second kappa shape index (κ2) is 12.6. The molecule has 2 heterocycles. The van der Waals surface area contributed by atoms with Gasteiger partial charge in [0.1, 0.15) is 11.4 Å². The van der Waals surface area contributed by atoms with Crippen molar-refractivity contribution in [2.24, 2.45) is 5.10 Å². The van der Waals surface area contributed by atoms with Crippen LogP contribution < -0.4 is 9.75 Å². The number of benzene rings is 1. The second-order valence-corrected chi connectivity index (χ2v) is 8.77. The molecule has 0 fully saturated rings. The number of alkyl halides is 3. The molecule has 0 unspecified atom stereocenters. The zero-order valence-electron chi connectivity index (χ0n) is 19.7. The second-order valence-electron chi connectivity index (χ2n) is 7.84. The van der Waals surface area contributed by atoms with Crippen LogP contribution in [0, 0.1) is 5.13 Å². The van der Waals surface area contributed by atoms with Crippen LogP contribution >= 0.6 is 11.3 Å². The van der Waals surface area contributed by atoms with Crippen LogP contribution in [0.5, 0.6) is 5.75 Å². The molecule has 2 aromatic heterocycles. The monoisotopic (exact) mass is 508 g/mol. The molecular weight excluding hydrogens is 480 g/mol. The van der Waals surface area contributed by atoms with E-state index in [-0.39, 0.29) is 28.9 Å². The fourth-order valence-electron chi connectivity index (χ4n) is 3.47. The fourth-order valence-corrected chi connectivity index (χ4v) is 4.26. The van der Waals surface area contributed by atoms with Crippen molar-refractivity contribution < 1.29 is 22.3 Å². The minimum absolute atomic E-state index is 0.0596. The van der Waals surface area contributed by atoms with E-state index in [1.165, 1.54) is 29.6 Å². The Hall–Kier alpha value is -3.01. The first-order chi connectivity index (χ1) is 16.8. The predicted octanol–water partition coefficient (Wildman–Crippen LogP) is 8.25. The van der Waals surface area contributed by atoms with Crippen molar-refractivity contribution in [1.82, 2.24) is 9.97 Å². The molecule has 0 N–H and O–H groups in total. The van der Waals surface area contributed by atoms with E-state index in [1.54, 1.807) is 25.3 Å². The standard InChI is InChI=1S/C25H28F4N4OS/c1-3-5-6-7-8-9-15-34-21-13-12-19(16-20(21)25(27,28)29)33(31-4-2)24-32-22(23(26)35-24)18-11-10-14-30-17-18/h4,10-14,16-17H,3,5-9,15H2,1-2H3/b31-4+. The summed E-state index contributed by atoms with van der Waals surface area (Å²) in [4.78, 5) is 8.25. The highest BCUT2D eigenvalue weighted by Gasteiger charge is 2.35. The van der Waals surface area contributed by atoms with Crippen molar-refractivity contribution >= 4 is 28.4 Å². The zero-order chi connectivity index (χ0) is 25.3. The van der Waals surface area contributed by atoms with Crippen LogP contribution in [-0.2, 0) is 6.18 Å². The third kappa shape index (κ3) is 7.24. The highest BCUT2D eigenvalue weighted by molar-refractivity contribution is 7.14. The Morgan fingerprint density at radius 3 is 2.57 bits per heavy atom. The Morgan fingerprint density at radius 1 is 1.11 bits per heavy atom. The van der Waals surface area contributed by atoms with Gasteiger partial charge in [0.15, 0.2) is 0 Å². The quantitative estimate of drug-likeness (QED) is 0.107. The summed E-state index contributed by atoms with van der Waals surface area (Å²) in [6.45, 7) is 3.95. The number of unbranched alkanes of at least 4 members (excludes halogenated alkanes) is 5. The number of anilines is 2. The molecule has 0 radical (unpaired) electrons. The maximum absolute atomic E-state index is 14.7. The first-order valence-electron chi connectivity index (χ1n) is 11.5. The number of thiazole rings is 1. The topological polar surface area (TPSA) is 50.6 Å². The lowest BCUT2D eigenvalue weighted by Gasteiger charge is -2.20. The number of hydrogen-bond acceptors (Lipinski definition) is 6. The third-order valence-electron chi connectivity index (χ3n) is 5.19. The number of halogens is 4. The molecule has 0 aliphatic heterocycles. The van der Waals surface area contributed by atoms with Gasteiger partial charge < -0.3 is 4.74 Å². The summed E-state index contributed by atoms with van der Waals surface area (Å²) < 4.78 is 61.8. The maximum atomic E-state index is 14.7. The van der Waals surface area contributed by atoms with E-state index in [4.69, 9.17) is 4.74 Å². The number of hydrazone groups is 1. The lowest BCUT2D eigenvalue weighted by Crippen LogP contribution is -2.13. The number of aromatic nitrogens is 2. The minimum Gasteiger partial charge on any atom is -0.493 e. The van der Waals surface area contributed by atoms with E-state index < -0.39 is 16.9 Å². The molecule has 188 valence electrons. The fraction of sp³-hybridized carbons (Fsp3) is 0.400. The van der Waals surface area contributed by atoms with Crippen LogP contribution in [0.2, 0.25) is 0 Å². The molecule has 35 heavy (non-hydrogen) atoms. The van der Waals surface area contributed by atoms with E-state index in [0.29, 0.717) is 23.3 Å². The van der Waals surface area contributed by atoms with E-state index >= 15 is 0 Å². The van der Waals surface area contributed by atoms with E-state index in [9.17, 15) is 17.6 Å². The van der Waals surface area contributed by atoms with E-state index in [2.05, 4.69) is 22.0 Å². The number of pyridine rings is 1. The van der Waals surface area contributed by atoms with Crippen LogP contribution in [0.1, 0.15) is 57.9 Å². The number of nitrogens with zero attached hydrogens (tertiary/aromatic N) is 4. The van der Waals surface area contributed by atoms with Gasteiger partial charge in [-0.2, -0.15) is 22.7 Å². The molecule has 0 aliphatic carbocycles. The van der Waals surface area contributed by atoms with Crippen molar-refractivity contribution in [2.75, 3.05) is 11.6 Å². The largest absolute Gasteiger partial charge is 0.493 e. The van der Waals surface area contributed by atoms with Crippen LogP contribution in [0.15, 0.2) is 47.8 Å². The molecule has 0 saturated carbocycles. The lowest BCUT2D eigenvalue weighted by atomic mass is 10.1. The summed E-state index contributed by atoms with van der Waals surface area (Å²) in [5.41, 5.74) is -0.303. The van der Waals surface area contributed by atoms with Gasteiger partial charge in [-0.05, 0) is 43.7 Å². The maximum Gasteiger partial charge on any atom is 0.420 e. The van der Waals surface area contributed by atoms with Gasteiger partial charge in [-0.1, -0.05) is 50.4 Å². The smallest absolute Gasteiger partial charge is 0.420 e. The average Bonchev–Trinajstić information content (AvgIpc) is 3.23. The molecule has 0 amide bonds. The number of rotatable bonds is 12. The van der Waals surface area contributed by atoms with Gasteiger partial charge in [-0.25, -0.2) is 9.99 Å². The SMILES string of the molecule is C/C=N/N(c1ccc(OCCCCCCCC)c(C(F)(F)F)c1)c1nc(-c2cccnc2)c(F)s1. The molecule has 0 aliphatic rings. The molecule has 0 saturated heterocycles. The molecule has 0 bridgehead atoms. The van der Waals surface area contributed by atoms with Crippen molar-refractivity contribution in [3.8, 4) is 17.0 Å². The normalized spacial score (nSPS) is 11.8. The molecule has 3 rings (SSSR count). The van der Waals surface area contributed by atoms with Crippen molar-refractivity contribution in [2.45, 2.75) is 58.5 Å². The summed E-state index contributed by atoms with van der Waals surface area (Å²) >= 11 is 0.689. The molecule has 5 nitrogen and oxygen atoms in total. The molecule has 1 aromatic carbocycles. The first kappa shape index (κ1) is 26.6. The highest BCUT2D eigenvalue weighted by Crippen LogP contribution is 2.41. The first-order valence-corrected chi connectivity index (χ1v) is 12.4.